The third kappa shape index (κ3) is 4.05. The average Bonchev–Trinajstić information content (AvgIpc) is 3.00. The van der Waals surface area contributed by atoms with Gasteiger partial charge in [-0.15, -0.1) is 0 Å². The fourth-order valence-electron chi connectivity index (χ4n) is 3.24. The molecule has 0 saturated heterocycles. The lowest BCUT2D eigenvalue weighted by Gasteiger charge is -2.14. The number of fused-ring (bicyclic) bond motifs is 1. The maximum absolute atomic E-state index is 12.9. The van der Waals surface area contributed by atoms with Gasteiger partial charge in [0, 0.05) is 18.4 Å². The van der Waals surface area contributed by atoms with Crippen molar-refractivity contribution in [1.82, 2.24) is 5.32 Å². The second-order valence-electron chi connectivity index (χ2n) is 6.29. The number of phenolic OH excluding ortho intramolecular Hbond substituents is 1. The molecule has 0 unspecified atom stereocenters. The van der Waals surface area contributed by atoms with Crippen LogP contribution in [0.25, 0.3) is 0 Å². The van der Waals surface area contributed by atoms with Crippen LogP contribution in [-0.4, -0.2) is 16.8 Å². The van der Waals surface area contributed by atoms with Gasteiger partial charge in [-0.2, -0.15) is 0 Å². The molecule has 2 N–H and O–H groups in total. The highest BCUT2D eigenvalue weighted by Crippen LogP contribution is 2.36. The summed E-state index contributed by atoms with van der Waals surface area (Å²) in [7, 11) is 0. The maximum Gasteiger partial charge on any atom is 0.220 e. The molecule has 1 amide bonds. The Bertz CT molecular complexity index is 786. The van der Waals surface area contributed by atoms with E-state index in [0.29, 0.717) is 12.0 Å². The largest absolute Gasteiger partial charge is 0.508 e. The standard InChI is InChI=1S/C20H20FNO3/c21-14-9-7-13(8-10-14)18(23)4-2-6-20(25)22-17-12-11-16-15(17)3-1-5-19(16)24/h1,3,5,7-10,17,24H,2,4,6,11-12H2,(H,22,25)/t17-/m1/s1. The van der Waals surface area contributed by atoms with Gasteiger partial charge in [0.05, 0.1) is 6.04 Å². The molecule has 5 heteroatoms. The first-order valence-corrected chi connectivity index (χ1v) is 8.43. The van der Waals surface area contributed by atoms with Gasteiger partial charge in [0.25, 0.3) is 0 Å². The summed E-state index contributed by atoms with van der Waals surface area (Å²) in [4.78, 5) is 24.1. The zero-order chi connectivity index (χ0) is 17.8. The van der Waals surface area contributed by atoms with Crippen LogP contribution in [-0.2, 0) is 11.2 Å². The Morgan fingerprint density at radius 2 is 1.88 bits per heavy atom. The summed E-state index contributed by atoms with van der Waals surface area (Å²) in [5, 5.41) is 12.8. The minimum atomic E-state index is -0.376. The molecule has 2 aromatic rings. The summed E-state index contributed by atoms with van der Waals surface area (Å²) in [5.41, 5.74) is 2.33. The van der Waals surface area contributed by atoms with Crippen LogP contribution < -0.4 is 5.32 Å². The molecule has 1 aliphatic rings. The van der Waals surface area contributed by atoms with E-state index in [1.165, 1.54) is 24.3 Å². The van der Waals surface area contributed by atoms with E-state index in [4.69, 9.17) is 0 Å². The van der Waals surface area contributed by atoms with E-state index in [-0.39, 0.29) is 42.1 Å². The highest BCUT2D eigenvalue weighted by atomic mass is 19.1. The molecule has 3 rings (SSSR count). The second kappa shape index (κ2) is 7.47. The van der Waals surface area contributed by atoms with Gasteiger partial charge in [0.1, 0.15) is 11.6 Å². The first-order chi connectivity index (χ1) is 12.0. The van der Waals surface area contributed by atoms with E-state index >= 15 is 0 Å². The number of phenols is 1. The quantitative estimate of drug-likeness (QED) is 0.788. The lowest BCUT2D eigenvalue weighted by atomic mass is 10.0. The highest BCUT2D eigenvalue weighted by molar-refractivity contribution is 5.96. The number of nitrogens with one attached hydrogen (secondary N) is 1. The van der Waals surface area contributed by atoms with Crippen molar-refractivity contribution in [2.24, 2.45) is 0 Å². The van der Waals surface area contributed by atoms with Crippen molar-refractivity contribution >= 4 is 11.7 Å². The molecule has 130 valence electrons. The summed E-state index contributed by atoms with van der Waals surface area (Å²) in [5.74, 6) is -0.296. The van der Waals surface area contributed by atoms with Crippen LogP contribution in [0.3, 0.4) is 0 Å². The third-order valence-electron chi connectivity index (χ3n) is 4.56. The normalized spacial score (nSPS) is 15.6. The molecule has 0 saturated carbocycles. The van der Waals surface area contributed by atoms with Crippen LogP contribution in [0.15, 0.2) is 42.5 Å². The van der Waals surface area contributed by atoms with Gasteiger partial charge in [-0.25, -0.2) is 4.39 Å². The van der Waals surface area contributed by atoms with E-state index in [9.17, 15) is 19.1 Å². The number of carbonyl (C=O) groups is 2. The number of ketones is 1. The molecule has 4 nitrogen and oxygen atoms in total. The lowest BCUT2D eigenvalue weighted by molar-refractivity contribution is -0.121. The highest BCUT2D eigenvalue weighted by Gasteiger charge is 2.25. The van der Waals surface area contributed by atoms with Crippen molar-refractivity contribution in [3.05, 3.63) is 65.0 Å². The van der Waals surface area contributed by atoms with E-state index in [1.807, 2.05) is 6.07 Å². The summed E-state index contributed by atoms with van der Waals surface area (Å²) >= 11 is 0. The molecule has 2 aromatic carbocycles. The summed E-state index contributed by atoms with van der Waals surface area (Å²) < 4.78 is 12.9. The molecule has 0 aliphatic heterocycles. The minimum absolute atomic E-state index is 0.0811. The molecule has 1 atom stereocenters. The van der Waals surface area contributed by atoms with Crippen LogP contribution >= 0.6 is 0 Å². The number of benzene rings is 2. The Morgan fingerprint density at radius 1 is 1.12 bits per heavy atom. The molecule has 0 bridgehead atoms. The van der Waals surface area contributed by atoms with Crippen molar-refractivity contribution in [2.75, 3.05) is 0 Å². The summed E-state index contributed by atoms with van der Waals surface area (Å²) in [6, 6.07) is 10.7. The zero-order valence-corrected chi connectivity index (χ0v) is 13.8. The van der Waals surface area contributed by atoms with Gasteiger partial charge >= 0.3 is 0 Å². The number of rotatable bonds is 6. The van der Waals surface area contributed by atoms with E-state index in [1.54, 1.807) is 12.1 Å². The van der Waals surface area contributed by atoms with Crippen molar-refractivity contribution in [3.8, 4) is 5.75 Å². The molecule has 0 aromatic heterocycles. The predicted molar refractivity (Wildman–Crippen MR) is 91.9 cm³/mol. The lowest BCUT2D eigenvalue weighted by Crippen LogP contribution is -2.26. The fraction of sp³-hybridized carbons (Fsp3) is 0.300. The Hall–Kier alpha value is -2.69. The monoisotopic (exact) mass is 341 g/mol. The van der Waals surface area contributed by atoms with E-state index < -0.39 is 0 Å². The number of aromatic hydroxyl groups is 1. The Balaban J connectivity index is 1.47. The third-order valence-corrected chi connectivity index (χ3v) is 4.56. The Morgan fingerprint density at radius 3 is 2.64 bits per heavy atom. The molecule has 25 heavy (non-hydrogen) atoms. The van der Waals surface area contributed by atoms with Crippen LogP contribution in [0.1, 0.15) is 53.2 Å². The molecular formula is C20H20FNO3. The van der Waals surface area contributed by atoms with Crippen molar-refractivity contribution in [1.29, 1.82) is 0 Å². The number of Topliss-reactive ketones (excluding diaryl/α,β-unsaturated/α-hetero) is 1. The van der Waals surface area contributed by atoms with Gasteiger partial charge in [0.2, 0.25) is 5.91 Å². The van der Waals surface area contributed by atoms with Gasteiger partial charge in [-0.05, 0) is 60.7 Å². The molecule has 0 heterocycles. The van der Waals surface area contributed by atoms with Crippen LogP contribution in [0.2, 0.25) is 0 Å². The van der Waals surface area contributed by atoms with Crippen molar-refractivity contribution in [3.63, 3.8) is 0 Å². The van der Waals surface area contributed by atoms with E-state index in [0.717, 1.165) is 24.0 Å². The summed E-state index contributed by atoms with van der Waals surface area (Å²) in [6.45, 7) is 0. The molecule has 1 aliphatic carbocycles. The second-order valence-corrected chi connectivity index (χ2v) is 6.29. The maximum atomic E-state index is 12.9. The molecular weight excluding hydrogens is 321 g/mol. The minimum Gasteiger partial charge on any atom is -0.508 e. The number of hydrogen-bond donors (Lipinski definition) is 2. The SMILES string of the molecule is O=C(CCCC(=O)c1ccc(F)cc1)N[C@@H]1CCc2c(O)cccc21. The number of halogens is 1. The summed E-state index contributed by atoms with van der Waals surface area (Å²) in [6.07, 6.45) is 2.48. The first kappa shape index (κ1) is 17.1. The van der Waals surface area contributed by atoms with Crippen LogP contribution in [0.4, 0.5) is 4.39 Å². The first-order valence-electron chi connectivity index (χ1n) is 8.43. The number of amides is 1. The number of hydrogen-bond acceptors (Lipinski definition) is 3. The predicted octanol–water partition coefficient (Wildman–Crippen LogP) is 3.69. The topological polar surface area (TPSA) is 66.4 Å². The molecule has 0 fully saturated rings. The molecule has 0 radical (unpaired) electrons. The van der Waals surface area contributed by atoms with Crippen LogP contribution in [0, 0.1) is 5.82 Å². The van der Waals surface area contributed by atoms with Crippen LogP contribution in [0.5, 0.6) is 5.75 Å². The van der Waals surface area contributed by atoms with Crippen molar-refractivity contribution < 1.29 is 19.1 Å². The zero-order valence-electron chi connectivity index (χ0n) is 13.8. The number of carbonyl (C=O) groups excluding carboxylic acids is 2. The average molecular weight is 341 g/mol. The Kier molecular flexibility index (Phi) is 5.12. The van der Waals surface area contributed by atoms with Gasteiger partial charge in [-0.1, -0.05) is 12.1 Å². The smallest absolute Gasteiger partial charge is 0.220 e. The Labute approximate surface area is 145 Å². The van der Waals surface area contributed by atoms with Gasteiger partial charge < -0.3 is 10.4 Å². The van der Waals surface area contributed by atoms with E-state index in [2.05, 4.69) is 5.32 Å². The molecule has 0 spiro atoms. The fourth-order valence-corrected chi connectivity index (χ4v) is 3.24. The van der Waals surface area contributed by atoms with Gasteiger partial charge in [-0.3, -0.25) is 9.59 Å². The van der Waals surface area contributed by atoms with Gasteiger partial charge in [0.15, 0.2) is 5.78 Å². The van der Waals surface area contributed by atoms with Crippen molar-refractivity contribution in [2.45, 2.75) is 38.1 Å².